The minimum atomic E-state index is -0.136. The van der Waals surface area contributed by atoms with Gasteiger partial charge < -0.3 is 0 Å². The van der Waals surface area contributed by atoms with Crippen LogP contribution in [0.2, 0.25) is 5.02 Å². The van der Waals surface area contributed by atoms with Gasteiger partial charge in [-0.15, -0.1) is 11.8 Å². The third-order valence-corrected chi connectivity index (χ3v) is 4.94. The number of carbonyl (C=O) groups is 1. The first-order valence-electron chi connectivity index (χ1n) is 7.24. The number of hydrogen-bond donors (Lipinski definition) is 1. The van der Waals surface area contributed by atoms with Crippen LogP contribution in [0.5, 0.6) is 0 Å². The Morgan fingerprint density at radius 1 is 1.13 bits per heavy atom. The van der Waals surface area contributed by atoms with Crippen LogP contribution < -0.4 is 5.43 Å². The highest BCUT2D eigenvalue weighted by molar-refractivity contribution is 8.00. The highest BCUT2D eigenvalue weighted by Gasteiger charge is 2.03. The molecule has 0 fully saturated rings. The number of halogens is 1. The van der Waals surface area contributed by atoms with E-state index in [1.807, 2.05) is 30.3 Å². The van der Waals surface area contributed by atoms with Crippen LogP contribution in [0.4, 0.5) is 0 Å². The van der Waals surface area contributed by atoms with Crippen molar-refractivity contribution in [3.63, 3.8) is 0 Å². The number of thioether (sulfide) groups is 1. The summed E-state index contributed by atoms with van der Waals surface area (Å²) in [7, 11) is 0. The zero-order valence-corrected chi connectivity index (χ0v) is 15.0. The third kappa shape index (κ3) is 5.12. The number of benzene rings is 2. The Hall–Kier alpha value is -1.78. The van der Waals surface area contributed by atoms with Crippen LogP contribution in [0.25, 0.3) is 0 Å². The fourth-order valence-corrected chi connectivity index (χ4v) is 2.82. The second kappa shape index (κ2) is 8.18. The topological polar surface area (TPSA) is 41.5 Å². The van der Waals surface area contributed by atoms with Crippen molar-refractivity contribution in [1.29, 1.82) is 0 Å². The van der Waals surface area contributed by atoms with Gasteiger partial charge >= 0.3 is 0 Å². The standard InChI is InChI=1S/C18H19ClN2OS/c1-12-4-5-15(14(3)13(12)2)10-20-21-18(22)11-23-17-8-6-16(19)7-9-17/h4-10H,11H2,1-3H3,(H,21,22)/b20-10-. The molecule has 0 radical (unpaired) electrons. The highest BCUT2D eigenvalue weighted by atomic mass is 35.5. The molecule has 0 saturated heterocycles. The average molecular weight is 347 g/mol. The highest BCUT2D eigenvalue weighted by Crippen LogP contribution is 2.20. The fraction of sp³-hybridized carbons (Fsp3) is 0.222. The molecule has 0 aromatic heterocycles. The lowest BCUT2D eigenvalue weighted by molar-refractivity contribution is -0.118. The van der Waals surface area contributed by atoms with Gasteiger partial charge in [-0.2, -0.15) is 5.10 Å². The summed E-state index contributed by atoms with van der Waals surface area (Å²) >= 11 is 7.27. The average Bonchev–Trinajstić information content (AvgIpc) is 2.54. The van der Waals surface area contributed by atoms with Gasteiger partial charge in [0.15, 0.2) is 0 Å². The summed E-state index contributed by atoms with van der Waals surface area (Å²) in [4.78, 5) is 12.8. The molecule has 1 N–H and O–H groups in total. The molecule has 2 rings (SSSR count). The second-order valence-electron chi connectivity index (χ2n) is 5.26. The van der Waals surface area contributed by atoms with Crippen molar-refractivity contribution in [3.05, 3.63) is 63.7 Å². The summed E-state index contributed by atoms with van der Waals surface area (Å²) in [6.45, 7) is 6.23. The van der Waals surface area contributed by atoms with Gasteiger partial charge in [0, 0.05) is 9.92 Å². The normalized spacial score (nSPS) is 11.0. The molecule has 0 bridgehead atoms. The SMILES string of the molecule is Cc1ccc(/C=N\NC(=O)CSc2ccc(Cl)cc2)c(C)c1C. The molecule has 0 atom stereocenters. The van der Waals surface area contributed by atoms with E-state index < -0.39 is 0 Å². The molecule has 120 valence electrons. The molecule has 0 aliphatic heterocycles. The quantitative estimate of drug-likeness (QED) is 0.491. The Morgan fingerprint density at radius 2 is 1.83 bits per heavy atom. The fourth-order valence-electron chi connectivity index (χ4n) is 2.00. The van der Waals surface area contributed by atoms with Gasteiger partial charge in [-0.05, 0) is 67.3 Å². The summed E-state index contributed by atoms with van der Waals surface area (Å²) in [5.41, 5.74) is 7.25. The molecular formula is C18H19ClN2OS. The van der Waals surface area contributed by atoms with Crippen molar-refractivity contribution in [2.24, 2.45) is 5.10 Å². The van der Waals surface area contributed by atoms with Crippen LogP contribution in [0.3, 0.4) is 0 Å². The molecule has 23 heavy (non-hydrogen) atoms. The van der Waals surface area contributed by atoms with Gasteiger partial charge in [0.25, 0.3) is 0 Å². The Labute approximate surface area is 146 Å². The molecule has 2 aromatic rings. The summed E-state index contributed by atoms with van der Waals surface area (Å²) < 4.78 is 0. The first kappa shape index (κ1) is 17.6. The van der Waals surface area contributed by atoms with Crippen LogP contribution in [0, 0.1) is 20.8 Å². The number of nitrogens with zero attached hydrogens (tertiary/aromatic N) is 1. The first-order valence-corrected chi connectivity index (χ1v) is 8.61. The molecule has 0 aliphatic rings. The van der Waals surface area contributed by atoms with Gasteiger partial charge in [-0.3, -0.25) is 4.79 Å². The Kier molecular flexibility index (Phi) is 6.25. The van der Waals surface area contributed by atoms with Crippen molar-refractivity contribution in [2.75, 3.05) is 5.75 Å². The van der Waals surface area contributed by atoms with Crippen LogP contribution in [-0.4, -0.2) is 17.9 Å². The minimum absolute atomic E-state index is 0.136. The van der Waals surface area contributed by atoms with Crippen molar-refractivity contribution < 1.29 is 4.79 Å². The smallest absolute Gasteiger partial charge is 0.250 e. The molecule has 0 aliphatic carbocycles. The molecule has 3 nitrogen and oxygen atoms in total. The molecule has 1 amide bonds. The lowest BCUT2D eigenvalue weighted by atomic mass is 10.00. The van der Waals surface area contributed by atoms with Gasteiger partial charge in [0.05, 0.1) is 12.0 Å². The number of amides is 1. The Morgan fingerprint density at radius 3 is 2.52 bits per heavy atom. The predicted octanol–water partition coefficient (Wildman–Crippen LogP) is 4.51. The Bertz CT molecular complexity index is 727. The first-order chi connectivity index (χ1) is 11.0. The van der Waals surface area contributed by atoms with E-state index in [0.717, 1.165) is 10.5 Å². The molecule has 0 spiro atoms. The molecule has 0 saturated carbocycles. The van der Waals surface area contributed by atoms with Crippen molar-refractivity contribution in [1.82, 2.24) is 5.43 Å². The molecule has 5 heteroatoms. The Balaban J connectivity index is 1.86. The minimum Gasteiger partial charge on any atom is -0.272 e. The summed E-state index contributed by atoms with van der Waals surface area (Å²) in [6.07, 6.45) is 1.69. The molecule has 2 aromatic carbocycles. The van der Waals surface area contributed by atoms with Crippen molar-refractivity contribution in [2.45, 2.75) is 25.7 Å². The monoisotopic (exact) mass is 346 g/mol. The predicted molar refractivity (Wildman–Crippen MR) is 98.6 cm³/mol. The van der Waals surface area contributed by atoms with E-state index in [2.05, 4.69) is 37.4 Å². The number of nitrogens with one attached hydrogen (secondary N) is 1. The van der Waals surface area contributed by atoms with Crippen LogP contribution >= 0.6 is 23.4 Å². The van der Waals surface area contributed by atoms with E-state index >= 15 is 0 Å². The van der Waals surface area contributed by atoms with E-state index in [1.165, 1.54) is 28.5 Å². The maximum atomic E-state index is 11.8. The number of hydrogen-bond acceptors (Lipinski definition) is 3. The number of hydrazone groups is 1. The largest absolute Gasteiger partial charge is 0.272 e. The van der Waals surface area contributed by atoms with E-state index in [-0.39, 0.29) is 5.91 Å². The number of carbonyl (C=O) groups excluding carboxylic acids is 1. The van der Waals surface area contributed by atoms with Crippen LogP contribution in [0.1, 0.15) is 22.3 Å². The van der Waals surface area contributed by atoms with Crippen molar-refractivity contribution in [3.8, 4) is 0 Å². The van der Waals surface area contributed by atoms with Gasteiger partial charge in [0.2, 0.25) is 5.91 Å². The van der Waals surface area contributed by atoms with Gasteiger partial charge in [-0.25, -0.2) is 5.43 Å². The van der Waals surface area contributed by atoms with Crippen LogP contribution in [0.15, 0.2) is 46.4 Å². The molecule has 0 unspecified atom stereocenters. The third-order valence-electron chi connectivity index (χ3n) is 3.68. The molecule has 0 heterocycles. The van der Waals surface area contributed by atoms with Crippen molar-refractivity contribution >= 4 is 35.5 Å². The lowest BCUT2D eigenvalue weighted by Crippen LogP contribution is -2.19. The van der Waals surface area contributed by atoms with E-state index in [9.17, 15) is 4.79 Å². The number of aryl methyl sites for hydroxylation is 1. The zero-order chi connectivity index (χ0) is 16.8. The maximum Gasteiger partial charge on any atom is 0.250 e. The maximum absolute atomic E-state index is 11.8. The van der Waals surface area contributed by atoms with Crippen LogP contribution in [-0.2, 0) is 4.79 Å². The summed E-state index contributed by atoms with van der Waals surface area (Å²) in [6, 6.07) is 11.5. The van der Waals surface area contributed by atoms with E-state index in [1.54, 1.807) is 6.21 Å². The second-order valence-corrected chi connectivity index (χ2v) is 6.74. The van der Waals surface area contributed by atoms with Gasteiger partial charge in [0.1, 0.15) is 0 Å². The van der Waals surface area contributed by atoms with E-state index in [4.69, 9.17) is 11.6 Å². The zero-order valence-electron chi connectivity index (χ0n) is 13.4. The molecular weight excluding hydrogens is 328 g/mol. The summed E-state index contributed by atoms with van der Waals surface area (Å²) in [5.74, 6) is 0.174. The van der Waals surface area contributed by atoms with Gasteiger partial charge in [-0.1, -0.05) is 23.7 Å². The van der Waals surface area contributed by atoms with E-state index in [0.29, 0.717) is 10.8 Å². The summed E-state index contributed by atoms with van der Waals surface area (Å²) in [5, 5.41) is 4.73. The lowest BCUT2D eigenvalue weighted by Gasteiger charge is -2.07. The number of rotatable bonds is 5.